The van der Waals surface area contributed by atoms with Crippen molar-refractivity contribution in [1.82, 2.24) is 4.90 Å². The van der Waals surface area contributed by atoms with Gasteiger partial charge in [-0.25, -0.2) is 4.79 Å². The van der Waals surface area contributed by atoms with Crippen molar-refractivity contribution in [1.29, 1.82) is 0 Å². The predicted octanol–water partition coefficient (Wildman–Crippen LogP) is 2.26. The predicted molar refractivity (Wildman–Crippen MR) is 49.2 cm³/mol. The minimum Gasteiger partial charge on any atom is -0.453 e. The average Bonchev–Trinajstić information content (AvgIpc) is 2.10. The van der Waals surface area contributed by atoms with E-state index in [2.05, 4.69) is 11.7 Å². The average molecular weight is 173 g/mol. The summed E-state index contributed by atoms with van der Waals surface area (Å²) in [6.45, 7) is 2.97. The summed E-state index contributed by atoms with van der Waals surface area (Å²) in [4.78, 5) is 12.5. The molecule has 1 amide bonds. The summed E-state index contributed by atoms with van der Waals surface area (Å²) >= 11 is 0. The van der Waals surface area contributed by atoms with E-state index < -0.39 is 0 Å². The smallest absolute Gasteiger partial charge is 0.409 e. The third-order valence-electron chi connectivity index (χ3n) is 1.83. The zero-order valence-electron chi connectivity index (χ0n) is 8.30. The Balaban J connectivity index is 3.31. The number of hydrogen-bond donors (Lipinski definition) is 0. The van der Waals surface area contributed by atoms with Crippen molar-refractivity contribution >= 4 is 6.09 Å². The second-order valence-electron chi connectivity index (χ2n) is 2.95. The molecular formula is C9H19NO2. The molecule has 0 aliphatic rings. The Morgan fingerprint density at radius 3 is 2.50 bits per heavy atom. The van der Waals surface area contributed by atoms with Gasteiger partial charge in [0.05, 0.1) is 7.11 Å². The van der Waals surface area contributed by atoms with Gasteiger partial charge in [0, 0.05) is 13.6 Å². The molecule has 0 aromatic rings. The molecule has 0 aromatic carbocycles. The molecule has 0 fully saturated rings. The Bertz CT molecular complexity index is 126. The summed E-state index contributed by atoms with van der Waals surface area (Å²) in [7, 11) is 3.17. The Morgan fingerprint density at radius 1 is 1.33 bits per heavy atom. The summed E-state index contributed by atoms with van der Waals surface area (Å²) in [5, 5.41) is 0. The van der Waals surface area contributed by atoms with Crippen LogP contribution in [0, 0.1) is 0 Å². The van der Waals surface area contributed by atoms with E-state index in [9.17, 15) is 4.79 Å². The fourth-order valence-corrected chi connectivity index (χ4v) is 1.02. The largest absolute Gasteiger partial charge is 0.453 e. The maximum atomic E-state index is 10.9. The third-order valence-corrected chi connectivity index (χ3v) is 1.83. The number of amides is 1. The molecule has 0 bridgehead atoms. The van der Waals surface area contributed by atoms with Crippen LogP contribution in [0.15, 0.2) is 0 Å². The SMILES string of the molecule is CCCCCCN(C)C(=O)OC. The molecule has 12 heavy (non-hydrogen) atoms. The highest BCUT2D eigenvalue weighted by Crippen LogP contribution is 2.00. The molecule has 0 aliphatic heterocycles. The quantitative estimate of drug-likeness (QED) is 0.597. The number of rotatable bonds is 5. The molecule has 72 valence electrons. The molecule has 0 rings (SSSR count). The summed E-state index contributed by atoms with van der Waals surface area (Å²) in [6, 6.07) is 0. The van der Waals surface area contributed by atoms with Crippen LogP contribution in [0.5, 0.6) is 0 Å². The maximum absolute atomic E-state index is 10.9. The number of carbonyl (C=O) groups is 1. The van der Waals surface area contributed by atoms with Crippen LogP contribution in [0.2, 0.25) is 0 Å². The van der Waals surface area contributed by atoms with Gasteiger partial charge in [-0.15, -0.1) is 0 Å². The van der Waals surface area contributed by atoms with Gasteiger partial charge in [-0.1, -0.05) is 26.2 Å². The van der Waals surface area contributed by atoms with Gasteiger partial charge in [0.25, 0.3) is 0 Å². The van der Waals surface area contributed by atoms with Gasteiger partial charge in [-0.3, -0.25) is 0 Å². The molecule has 0 saturated carbocycles. The van der Waals surface area contributed by atoms with E-state index in [1.807, 2.05) is 0 Å². The third kappa shape index (κ3) is 4.99. The molecule has 0 radical (unpaired) electrons. The Kier molecular flexibility index (Phi) is 6.53. The zero-order valence-corrected chi connectivity index (χ0v) is 8.30. The van der Waals surface area contributed by atoms with Crippen molar-refractivity contribution in [3.63, 3.8) is 0 Å². The fourth-order valence-electron chi connectivity index (χ4n) is 1.02. The first-order valence-electron chi connectivity index (χ1n) is 4.51. The first-order valence-corrected chi connectivity index (χ1v) is 4.51. The van der Waals surface area contributed by atoms with E-state index in [1.54, 1.807) is 11.9 Å². The van der Waals surface area contributed by atoms with Crippen LogP contribution in [0.3, 0.4) is 0 Å². The maximum Gasteiger partial charge on any atom is 0.409 e. The van der Waals surface area contributed by atoms with E-state index in [4.69, 9.17) is 0 Å². The first-order chi connectivity index (χ1) is 5.72. The lowest BCUT2D eigenvalue weighted by molar-refractivity contribution is 0.132. The number of unbranched alkanes of at least 4 members (excludes halogenated alkanes) is 3. The second kappa shape index (κ2) is 6.95. The highest BCUT2D eigenvalue weighted by Gasteiger charge is 2.05. The Labute approximate surface area is 74.7 Å². The van der Waals surface area contributed by atoms with Crippen LogP contribution in [-0.4, -0.2) is 31.7 Å². The fraction of sp³-hybridized carbons (Fsp3) is 0.889. The Morgan fingerprint density at radius 2 is 2.00 bits per heavy atom. The summed E-state index contributed by atoms with van der Waals surface area (Å²) in [5.41, 5.74) is 0. The van der Waals surface area contributed by atoms with Crippen LogP contribution in [-0.2, 0) is 4.74 Å². The van der Waals surface area contributed by atoms with Gasteiger partial charge in [-0.2, -0.15) is 0 Å². The lowest BCUT2D eigenvalue weighted by Crippen LogP contribution is -2.27. The van der Waals surface area contributed by atoms with E-state index in [0.29, 0.717) is 0 Å². The van der Waals surface area contributed by atoms with Crippen LogP contribution in [0.4, 0.5) is 4.79 Å². The molecule has 3 heteroatoms. The van der Waals surface area contributed by atoms with Crippen LogP contribution < -0.4 is 0 Å². The molecular weight excluding hydrogens is 154 g/mol. The molecule has 0 spiro atoms. The van der Waals surface area contributed by atoms with Crippen molar-refractivity contribution < 1.29 is 9.53 Å². The molecule has 0 heterocycles. The van der Waals surface area contributed by atoms with Gasteiger partial charge < -0.3 is 9.64 Å². The standard InChI is InChI=1S/C9H19NO2/c1-4-5-6-7-8-10(2)9(11)12-3/h4-8H2,1-3H3. The molecule has 0 N–H and O–H groups in total. The van der Waals surface area contributed by atoms with Crippen molar-refractivity contribution in [2.75, 3.05) is 20.7 Å². The van der Waals surface area contributed by atoms with Gasteiger partial charge in [-0.05, 0) is 6.42 Å². The number of methoxy groups -OCH3 is 1. The van der Waals surface area contributed by atoms with Gasteiger partial charge in [0.2, 0.25) is 0 Å². The van der Waals surface area contributed by atoms with Crippen LogP contribution in [0.1, 0.15) is 32.6 Å². The van der Waals surface area contributed by atoms with E-state index in [1.165, 1.54) is 26.4 Å². The molecule has 0 saturated heterocycles. The minimum atomic E-state index is -0.244. The zero-order chi connectivity index (χ0) is 9.40. The molecule has 0 atom stereocenters. The van der Waals surface area contributed by atoms with Gasteiger partial charge in [0.15, 0.2) is 0 Å². The summed E-state index contributed by atoms with van der Waals surface area (Å²) < 4.78 is 4.56. The number of hydrogen-bond acceptors (Lipinski definition) is 2. The number of nitrogens with zero attached hydrogens (tertiary/aromatic N) is 1. The molecule has 0 unspecified atom stereocenters. The monoisotopic (exact) mass is 173 g/mol. The van der Waals surface area contributed by atoms with Gasteiger partial charge in [0.1, 0.15) is 0 Å². The van der Waals surface area contributed by atoms with Crippen LogP contribution >= 0.6 is 0 Å². The van der Waals surface area contributed by atoms with E-state index in [0.717, 1.165) is 13.0 Å². The molecule has 0 aliphatic carbocycles. The van der Waals surface area contributed by atoms with Crippen molar-refractivity contribution in [2.45, 2.75) is 32.6 Å². The van der Waals surface area contributed by atoms with E-state index in [-0.39, 0.29) is 6.09 Å². The van der Waals surface area contributed by atoms with Crippen molar-refractivity contribution in [3.8, 4) is 0 Å². The second-order valence-corrected chi connectivity index (χ2v) is 2.95. The molecule has 0 aromatic heterocycles. The normalized spacial score (nSPS) is 9.58. The topological polar surface area (TPSA) is 29.5 Å². The summed E-state index contributed by atoms with van der Waals surface area (Å²) in [6.07, 6.45) is 4.49. The minimum absolute atomic E-state index is 0.244. The first kappa shape index (κ1) is 11.3. The lowest BCUT2D eigenvalue weighted by Gasteiger charge is -2.14. The molecule has 3 nitrogen and oxygen atoms in total. The number of ether oxygens (including phenoxy) is 1. The van der Waals surface area contributed by atoms with Crippen molar-refractivity contribution in [2.24, 2.45) is 0 Å². The number of carbonyl (C=O) groups excluding carboxylic acids is 1. The summed E-state index contributed by atoms with van der Waals surface area (Å²) in [5.74, 6) is 0. The Hall–Kier alpha value is -0.730. The lowest BCUT2D eigenvalue weighted by atomic mass is 10.2. The van der Waals surface area contributed by atoms with Gasteiger partial charge >= 0.3 is 6.09 Å². The van der Waals surface area contributed by atoms with Crippen LogP contribution in [0.25, 0.3) is 0 Å². The highest BCUT2D eigenvalue weighted by molar-refractivity contribution is 5.66. The highest BCUT2D eigenvalue weighted by atomic mass is 16.5. The van der Waals surface area contributed by atoms with Crippen molar-refractivity contribution in [3.05, 3.63) is 0 Å². The van der Waals surface area contributed by atoms with E-state index >= 15 is 0 Å².